The lowest BCUT2D eigenvalue weighted by Gasteiger charge is -2.37. The van der Waals surface area contributed by atoms with Crippen LogP contribution in [-0.4, -0.2) is 71.5 Å². The number of piperidine rings is 2. The topological polar surface area (TPSA) is 110 Å². The van der Waals surface area contributed by atoms with Crippen LogP contribution in [-0.2, 0) is 13.1 Å². The van der Waals surface area contributed by atoms with E-state index in [0.717, 1.165) is 112 Å². The molecule has 8 rings (SSSR count). The van der Waals surface area contributed by atoms with Crippen molar-refractivity contribution in [2.75, 3.05) is 53.7 Å². The van der Waals surface area contributed by atoms with Crippen molar-refractivity contribution in [1.29, 1.82) is 0 Å². The third kappa shape index (κ3) is 13.0. The molecule has 2 aliphatic heterocycles. The fourth-order valence-electron chi connectivity index (χ4n) is 8.56. The van der Waals surface area contributed by atoms with Crippen LogP contribution in [0.2, 0.25) is 10.0 Å². The van der Waals surface area contributed by atoms with Gasteiger partial charge < -0.3 is 40.9 Å². The fourth-order valence-corrected chi connectivity index (χ4v) is 8.81. The van der Waals surface area contributed by atoms with E-state index < -0.39 is 0 Å². The molecule has 0 aliphatic carbocycles. The highest BCUT2D eigenvalue weighted by Gasteiger charge is 2.26. The summed E-state index contributed by atoms with van der Waals surface area (Å²) in [4.78, 5) is 14.5. The van der Waals surface area contributed by atoms with Crippen LogP contribution in [0, 0.1) is 0 Å². The molecule has 10 nitrogen and oxygen atoms in total. The normalized spacial score (nSPS) is 15.3. The molecule has 0 saturated carbocycles. The van der Waals surface area contributed by atoms with Crippen LogP contribution in [0.1, 0.15) is 78.4 Å². The molecular weight excluding hydrogens is 828 g/mol. The number of fused-ring (bicyclic) bond motifs is 2. The quantitative estimate of drug-likeness (QED) is 0.0863. The molecule has 0 unspecified atom stereocenters. The van der Waals surface area contributed by atoms with Gasteiger partial charge in [-0.2, -0.15) is 0 Å². The summed E-state index contributed by atoms with van der Waals surface area (Å²) in [6, 6.07) is 32.6. The van der Waals surface area contributed by atoms with Gasteiger partial charge in [0.05, 0.1) is 18.1 Å². The third-order valence-electron chi connectivity index (χ3n) is 11.5. The van der Waals surface area contributed by atoms with E-state index in [1.807, 2.05) is 72.8 Å². The minimum Gasteiger partial charge on any atom is -0.508 e. The largest absolute Gasteiger partial charge is 0.508 e. The van der Waals surface area contributed by atoms with E-state index in [1.165, 1.54) is 11.3 Å². The second kappa shape index (κ2) is 20.2. The number of nitrogens with zero attached hydrogens (tertiary/aromatic N) is 4. The minimum atomic E-state index is 0.126. The molecule has 12 heteroatoms. The minimum absolute atomic E-state index is 0.126. The Morgan fingerprint density at radius 1 is 0.587 bits per heavy atom. The SMILES string of the molecule is CC(C)(C)NC1CCN(c2cc(NCc3ccc(Cl)cc3)nc3ccc(O)cc23)CC1.COc1ccc2nc(NCc3ccc(Cl)cc3)cc(N3CCC(NC(C)(C)C)CC3)c2c1. The molecule has 6 aromatic rings. The highest BCUT2D eigenvalue weighted by Crippen LogP contribution is 2.35. The van der Waals surface area contributed by atoms with Crippen molar-refractivity contribution in [3.8, 4) is 11.5 Å². The molecule has 5 N–H and O–H groups in total. The lowest BCUT2D eigenvalue weighted by Crippen LogP contribution is -2.49. The molecule has 0 bridgehead atoms. The van der Waals surface area contributed by atoms with Gasteiger partial charge >= 0.3 is 0 Å². The summed E-state index contributed by atoms with van der Waals surface area (Å²) in [7, 11) is 1.71. The Balaban J connectivity index is 0.000000189. The summed E-state index contributed by atoms with van der Waals surface area (Å²) < 4.78 is 5.50. The Labute approximate surface area is 383 Å². The summed E-state index contributed by atoms with van der Waals surface area (Å²) >= 11 is 12.0. The molecule has 0 atom stereocenters. The maximum absolute atomic E-state index is 10.1. The Morgan fingerprint density at radius 2 is 1.00 bits per heavy atom. The molecule has 4 aromatic carbocycles. The van der Waals surface area contributed by atoms with Crippen molar-refractivity contribution in [2.45, 2.75) is 103 Å². The van der Waals surface area contributed by atoms with Crippen LogP contribution in [0.25, 0.3) is 21.8 Å². The fraction of sp³-hybridized carbons (Fsp3) is 0.412. The van der Waals surface area contributed by atoms with E-state index in [0.29, 0.717) is 25.2 Å². The van der Waals surface area contributed by atoms with Gasteiger partial charge in [-0.25, -0.2) is 9.97 Å². The second-order valence-electron chi connectivity index (χ2n) is 18.9. The van der Waals surface area contributed by atoms with Gasteiger partial charge in [0.1, 0.15) is 23.1 Å². The number of rotatable bonds is 11. The number of aromatic nitrogens is 2. The number of halogens is 2. The van der Waals surface area contributed by atoms with Crippen LogP contribution in [0.4, 0.5) is 23.0 Å². The third-order valence-corrected chi connectivity index (χ3v) is 12.0. The van der Waals surface area contributed by atoms with Gasteiger partial charge in [0, 0.05) is 107 Å². The van der Waals surface area contributed by atoms with Crippen molar-refractivity contribution in [3.63, 3.8) is 0 Å². The van der Waals surface area contributed by atoms with Crippen LogP contribution >= 0.6 is 23.2 Å². The molecule has 2 fully saturated rings. The number of methoxy groups -OCH3 is 1. The average Bonchev–Trinajstić information content (AvgIpc) is 3.25. The maximum atomic E-state index is 10.1. The van der Waals surface area contributed by atoms with Crippen LogP contribution < -0.4 is 35.8 Å². The summed E-state index contributed by atoms with van der Waals surface area (Å²) in [5.41, 5.74) is 6.76. The molecule has 2 aliphatic rings. The van der Waals surface area contributed by atoms with E-state index in [9.17, 15) is 5.11 Å². The first-order chi connectivity index (χ1) is 30.1. The number of aromatic hydroxyl groups is 1. The Hall–Kier alpha value is -5.00. The Bertz CT molecular complexity index is 2440. The summed E-state index contributed by atoms with van der Waals surface area (Å²) in [5, 5.41) is 28.1. The van der Waals surface area contributed by atoms with Crippen molar-refractivity contribution in [3.05, 3.63) is 118 Å². The molecular formula is C51H64Cl2N8O2. The highest BCUT2D eigenvalue weighted by molar-refractivity contribution is 6.30. The average molecular weight is 892 g/mol. The molecule has 334 valence electrons. The lowest BCUT2D eigenvalue weighted by molar-refractivity contribution is 0.317. The van der Waals surface area contributed by atoms with Crippen molar-refractivity contribution in [1.82, 2.24) is 20.6 Å². The molecule has 0 spiro atoms. The number of anilines is 4. The number of hydrogen-bond donors (Lipinski definition) is 5. The van der Waals surface area contributed by atoms with Gasteiger partial charge in [0.25, 0.3) is 0 Å². The maximum Gasteiger partial charge on any atom is 0.129 e. The van der Waals surface area contributed by atoms with Crippen molar-refractivity contribution >= 4 is 68.0 Å². The number of ether oxygens (including phenoxy) is 1. The molecule has 4 heterocycles. The van der Waals surface area contributed by atoms with Gasteiger partial charge in [-0.15, -0.1) is 0 Å². The van der Waals surface area contributed by atoms with Gasteiger partial charge in [-0.1, -0.05) is 47.5 Å². The second-order valence-corrected chi connectivity index (χ2v) is 19.8. The van der Waals surface area contributed by atoms with Gasteiger partial charge in [-0.05, 0) is 139 Å². The first-order valence-corrected chi connectivity index (χ1v) is 23.0. The standard InChI is InChI=1S/C26H33ClN4O.C25H31ClN4O/c1-26(2,3)30-20-11-13-31(14-12-20)24-16-25(28-17-18-5-7-19(27)8-6-18)29-23-10-9-21(32-4)15-22(23)24;1-25(2,3)29-19-10-12-30(13-11-19)23-15-24(27-16-17-4-6-18(26)7-5-17)28-22-9-8-20(31)14-21(22)23/h5-10,15-16,20,30H,11-14,17H2,1-4H3,(H,28,29);4-9,14-15,19,29,31H,10-13,16H2,1-3H3,(H,27,28). The first-order valence-electron chi connectivity index (χ1n) is 22.2. The predicted molar refractivity (Wildman–Crippen MR) is 266 cm³/mol. The first kappa shape index (κ1) is 46.0. The van der Waals surface area contributed by atoms with Gasteiger partial charge in [0.15, 0.2) is 0 Å². The Morgan fingerprint density at radius 3 is 1.41 bits per heavy atom. The molecule has 63 heavy (non-hydrogen) atoms. The molecule has 0 amide bonds. The smallest absolute Gasteiger partial charge is 0.129 e. The van der Waals surface area contributed by atoms with E-state index in [2.05, 4.69) is 90.8 Å². The van der Waals surface area contributed by atoms with Crippen LogP contribution in [0.3, 0.4) is 0 Å². The van der Waals surface area contributed by atoms with E-state index in [-0.39, 0.29) is 16.8 Å². The number of phenols is 1. The number of hydrogen-bond acceptors (Lipinski definition) is 10. The molecule has 2 saturated heterocycles. The number of phenolic OH excluding ortho intramolecular Hbond substituents is 1. The monoisotopic (exact) mass is 890 g/mol. The van der Waals surface area contributed by atoms with E-state index >= 15 is 0 Å². The summed E-state index contributed by atoms with van der Waals surface area (Å²) in [6.45, 7) is 18.7. The number of nitrogens with one attached hydrogen (secondary N) is 4. The predicted octanol–water partition coefficient (Wildman–Crippen LogP) is 11.4. The Kier molecular flexibility index (Phi) is 14.8. The summed E-state index contributed by atoms with van der Waals surface area (Å²) in [6.07, 6.45) is 4.43. The van der Waals surface area contributed by atoms with Crippen LogP contribution in [0.15, 0.2) is 97.1 Å². The zero-order valence-corrected chi connectivity index (χ0v) is 39.4. The molecule has 2 aromatic heterocycles. The number of benzene rings is 4. The van der Waals surface area contributed by atoms with Crippen LogP contribution in [0.5, 0.6) is 11.5 Å². The molecule has 0 radical (unpaired) electrons. The zero-order valence-electron chi connectivity index (χ0n) is 37.9. The zero-order chi connectivity index (χ0) is 44.7. The number of pyridine rings is 2. The highest BCUT2D eigenvalue weighted by atomic mass is 35.5. The van der Waals surface area contributed by atoms with Crippen molar-refractivity contribution < 1.29 is 9.84 Å². The van der Waals surface area contributed by atoms with E-state index in [4.69, 9.17) is 37.9 Å². The lowest BCUT2D eigenvalue weighted by atomic mass is 9.99. The van der Waals surface area contributed by atoms with E-state index in [1.54, 1.807) is 13.2 Å². The van der Waals surface area contributed by atoms with Gasteiger partial charge in [0.2, 0.25) is 0 Å². The van der Waals surface area contributed by atoms with Gasteiger partial charge in [-0.3, -0.25) is 0 Å². The summed E-state index contributed by atoms with van der Waals surface area (Å²) in [5.74, 6) is 2.83. The van der Waals surface area contributed by atoms with Crippen molar-refractivity contribution in [2.24, 2.45) is 0 Å².